The molecule has 0 saturated carbocycles. The van der Waals surface area contributed by atoms with Crippen LogP contribution in [0.25, 0.3) is 94.8 Å². The second kappa shape index (κ2) is 18.3. The van der Waals surface area contributed by atoms with E-state index >= 15 is 0 Å². The Morgan fingerprint density at radius 2 is 1.14 bits per heavy atom. The Bertz CT molecular complexity index is 3330. The molecule has 0 N–H and O–H groups in total. The minimum atomic E-state index is -2.09. The first-order valence-corrected chi connectivity index (χ1v) is 20.6. The summed E-state index contributed by atoms with van der Waals surface area (Å²) in [5.74, 6) is 0.787. The molecule has 1 radical (unpaired) electrons. The molecule has 5 heteroatoms. The summed E-state index contributed by atoms with van der Waals surface area (Å²) in [6.45, 7) is 0.0762. The van der Waals surface area contributed by atoms with Crippen LogP contribution in [0.5, 0.6) is 0 Å². The second-order valence-corrected chi connectivity index (χ2v) is 15.1. The van der Waals surface area contributed by atoms with Gasteiger partial charge in [-0.15, -0.1) is 35.9 Å². The zero-order valence-electron chi connectivity index (χ0n) is 37.3. The first-order valence-electron chi connectivity index (χ1n) is 22.1. The molecule has 0 atom stereocenters. The third-order valence-corrected chi connectivity index (χ3v) is 11.0. The molecule has 0 bridgehead atoms. The van der Waals surface area contributed by atoms with E-state index in [1.165, 1.54) is 22.9 Å². The molecule has 63 heavy (non-hydrogen) atoms. The van der Waals surface area contributed by atoms with Crippen LogP contribution in [0, 0.1) is 26.1 Å². The summed E-state index contributed by atoms with van der Waals surface area (Å²) in [5.41, 5.74) is 16.8. The molecule has 0 spiro atoms. The first-order chi connectivity index (χ1) is 31.8. The van der Waals surface area contributed by atoms with Gasteiger partial charge < -0.3 is 14.0 Å². The van der Waals surface area contributed by atoms with Gasteiger partial charge in [0.1, 0.15) is 0 Å². The number of hydrogen-bond acceptors (Lipinski definition) is 3. The number of benzene rings is 8. The molecule has 0 aliphatic carbocycles. The molecular weight excluding hydrogens is 947 g/mol. The Hall–Kier alpha value is -7.43. The van der Waals surface area contributed by atoms with Crippen molar-refractivity contribution in [1.29, 1.82) is 0 Å². The minimum Gasteiger partial charge on any atom is -0.557 e. The van der Waals surface area contributed by atoms with E-state index in [2.05, 4.69) is 180 Å². The number of furan rings is 1. The molecule has 0 fully saturated rings. The van der Waals surface area contributed by atoms with E-state index in [9.17, 15) is 0 Å². The van der Waals surface area contributed by atoms with Crippen molar-refractivity contribution in [3.63, 3.8) is 0 Å². The molecule has 0 unspecified atom stereocenters. The first kappa shape index (κ1) is 37.3. The molecule has 11 rings (SSSR count). The molecule has 0 aliphatic heterocycles. The Kier molecular flexibility index (Phi) is 10.8. The summed E-state index contributed by atoms with van der Waals surface area (Å²) in [5, 5.41) is 0.968. The number of aromatic nitrogens is 3. The fourth-order valence-corrected chi connectivity index (χ4v) is 8.03. The Labute approximate surface area is 385 Å². The molecule has 305 valence electrons. The molecule has 8 aromatic carbocycles. The van der Waals surface area contributed by atoms with E-state index in [0.29, 0.717) is 0 Å². The van der Waals surface area contributed by atoms with Gasteiger partial charge in [-0.1, -0.05) is 169 Å². The van der Waals surface area contributed by atoms with Gasteiger partial charge in [-0.2, -0.15) is 0 Å². The van der Waals surface area contributed by atoms with Crippen molar-refractivity contribution in [2.45, 2.75) is 13.8 Å². The number of fused-ring (bicyclic) bond motifs is 2. The van der Waals surface area contributed by atoms with E-state index in [4.69, 9.17) is 13.5 Å². The summed E-state index contributed by atoms with van der Waals surface area (Å²) in [7, 11) is 0. The number of imidazole rings is 1. The van der Waals surface area contributed by atoms with Crippen molar-refractivity contribution in [2.75, 3.05) is 0 Å². The predicted octanol–water partition coefficient (Wildman–Crippen LogP) is 15.1. The van der Waals surface area contributed by atoms with Gasteiger partial charge in [0.25, 0.3) is 0 Å². The van der Waals surface area contributed by atoms with Crippen molar-refractivity contribution in [3.05, 3.63) is 236 Å². The summed E-state index contributed by atoms with van der Waals surface area (Å²) >= 11 is 0. The maximum atomic E-state index is 7.23. The van der Waals surface area contributed by atoms with Gasteiger partial charge in [0.15, 0.2) is 0 Å². The molecule has 0 amide bonds. The van der Waals surface area contributed by atoms with E-state index in [1.807, 2.05) is 36.4 Å². The molecule has 0 aliphatic rings. The average Bonchev–Trinajstić information content (AvgIpc) is 3.96. The Morgan fingerprint density at radius 1 is 0.556 bits per heavy atom. The summed E-state index contributed by atoms with van der Waals surface area (Å²) in [6.07, 6.45) is 4.67. The van der Waals surface area contributed by atoms with Gasteiger partial charge in [0.05, 0.1) is 22.5 Å². The Morgan fingerprint density at radius 3 is 1.76 bits per heavy atom. The van der Waals surface area contributed by atoms with Crippen LogP contribution < -0.4 is 0 Å². The zero-order chi connectivity index (χ0) is 44.3. The van der Waals surface area contributed by atoms with Gasteiger partial charge in [-0.3, -0.25) is 4.98 Å². The topological polar surface area (TPSA) is 43.9 Å². The summed E-state index contributed by atoms with van der Waals surface area (Å²) in [4.78, 5) is 9.42. The number of nitrogens with zero attached hydrogens (tertiary/aromatic N) is 3. The third-order valence-electron chi connectivity index (χ3n) is 11.0. The van der Waals surface area contributed by atoms with Crippen LogP contribution >= 0.6 is 0 Å². The van der Waals surface area contributed by atoms with E-state index in [0.717, 1.165) is 83.7 Å². The zero-order valence-corrected chi connectivity index (χ0v) is 36.7. The standard InChI is InChI=1S/C46H31N2O.C12H10N.Ir/c1-31-27-38(35-15-7-3-8-16-35)45(39(28-31)36-17-9-4-10-18-36)48-43-20-12-11-19-42(43)47-46(48)41-30-49-44-26-25-37(29-40(41)44)34-23-21-33(22-24-34)32-13-5-2-6-14-32;1-10-7-8-12(13-9-10)11-5-3-2-4-6-11;/h2-29H,1H3;2-5,7-9H,1H3;/q2*-1;/i;1D3;. The van der Waals surface area contributed by atoms with Crippen LogP contribution in [-0.2, 0) is 20.1 Å². The molecule has 0 saturated heterocycles. The van der Waals surface area contributed by atoms with Crippen molar-refractivity contribution < 1.29 is 28.6 Å². The van der Waals surface area contributed by atoms with Gasteiger partial charge in [0.2, 0.25) is 0 Å². The maximum absolute atomic E-state index is 7.23. The van der Waals surface area contributed by atoms with E-state index in [-0.39, 0.29) is 25.7 Å². The Balaban J connectivity index is 0.000000273. The van der Waals surface area contributed by atoms with Crippen LogP contribution in [0.2, 0.25) is 0 Å². The van der Waals surface area contributed by atoms with Crippen LogP contribution in [0.3, 0.4) is 0 Å². The summed E-state index contributed by atoms with van der Waals surface area (Å²) < 4.78 is 30.1. The average molecular weight is 991 g/mol. The number of rotatable bonds is 7. The van der Waals surface area contributed by atoms with Gasteiger partial charge in [0, 0.05) is 53.4 Å². The number of para-hydroxylation sites is 2. The van der Waals surface area contributed by atoms with Crippen LogP contribution in [0.1, 0.15) is 15.2 Å². The van der Waals surface area contributed by atoms with Crippen molar-refractivity contribution in [3.8, 4) is 72.8 Å². The monoisotopic (exact) mass is 991 g/mol. The van der Waals surface area contributed by atoms with Crippen LogP contribution in [-0.4, -0.2) is 14.5 Å². The van der Waals surface area contributed by atoms with Crippen molar-refractivity contribution >= 4 is 22.0 Å². The summed E-state index contributed by atoms with van der Waals surface area (Å²) in [6, 6.07) is 73.5. The minimum absolute atomic E-state index is 0. The third kappa shape index (κ3) is 8.45. The fraction of sp³-hybridized carbons (Fsp3) is 0.0345. The van der Waals surface area contributed by atoms with Gasteiger partial charge in [-0.25, -0.2) is 0 Å². The normalized spacial score (nSPS) is 11.8. The van der Waals surface area contributed by atoms with Gasteiger partial charge in [-0.05, 0) is 88.2 Å². The fourth-order valence-electron chi connectivity index (χ4n) is 8.03. The quantitative estimate of drug-likeness (QED) is 0.149. The number of aryl methyl sites for hydroxylation is 2. The van der Waals surface area contributed by atoms with E-state index < -0.39 is 6.85 Å². The van der Waals surface area contributed by atoms with Crippen molar-refractivity contribution in [1.82, 2.24) is 14.5 Å². The molecule has 11 aromatic rings. The molecular formula is C58H41IrN3O-2. The maximum Gasteiger partial charge on any atom is 0.0774 e. The molecule has 4 nitrogen and oxygen atoms in total. The van der Waals surface area contributed by atoms with Gasteiger partial charge >= 0.3 is 0 Å². The smallest absolute Gasteiger partial charge is 0.0774 e. The largest absolute Gasteiger partial charge is 0.557 e. The molecule has 3 aromatic heterocycles. The van der Waals surface area contributed by atoms with Crippen LogP contribution in [0.15, 0.2) is 217 Å². The number of pyridine rings is 1. The predicted molar refractivity (Wildman–Crippen MR) is 255 cm³/mol. The molecule has 3 heterocycles. The second-order valence-electron chi connectivity index (χ2n) is 15.1. The van der Waals surface area contributed by atoms with E-state index in [1.54, 1.807) is 18.2 Å². The number of hydrogen-bond donors (Lipinski definition) is 0. The van der Waals surface area contributed by atoms with Crippen LogP contribution in [0.4, 0.5) is 0 Å². The SMILES string of the molecule is Cc1cc(-c2ccccc2)c(-n2c(-c3[c-]oc4ccc(-c5ccc(-c6ccccc6)cc5)cc34)nc3ccccc32)c(-c2ccccc2)c1.[2H]C([2H])([2H])c1ccc(-c2[c-]cccc2)nc1.[Ir]. The van der Waals surface area contributed by atoms with Crippen molar-refractivity contribution in [2.24, 2.45) is 0 Å².